The number of alkyl halides is 3. The van der Waals surface area contributed by atoms with Crippen LogP contribution in [0, 0.1) is 0 Å². The molecule has 188 valence electrons. The first kappa shape index (κ1) is 28.7. The smallest absolute Gasteiger partial charge is 0.408 e. The van der Waals surface area contributed by atoms with Crippen LogP contribution in [-0.2, 0) is 0 Å². The van der Waals surface area contributed by atoms with Gasteiger partial charge in [-0.3, -0.25) is 10.1 Å². The molecule has 0 aliphatic rings. The Morgan fingerprint density at radius 3 is 2.47 bits per heavy atom. The molecule has 0 radical (unpaired) electrons. The summed E-state index contributed by atoms with van der Waals surface area (Å²) < 4.78 is 41.8. The van der Waals surface area contributed by atoms with Crippen molar-refractivity contribution < 1.29 is 37.4 Å². The van der Waals surface area contributed by atoms with Crippen LogP contribution in [0.5, 0.6) is 5.75 Å². The first-order valence-corrected chi connectivity index (χ1v) is 10.8. The van der Waals surface area contributed by atoms with Crippen LogP contribution in [0.25, 0.3) is 0 Å². The highest BCUT2D eigenvalue weighted by Crippen LogP contribution is 2.26. The summed E-state index contributed by atoms with van der Waals surface area (Å²) in [7, 11) is 0. The van der Waals surface area contributed by atoms with E-state index in [0.717, 1.165) is 5.57 Å². The normalized spacial score (nSPS) is 13.8. The molecular weight excluding hydrogens is 455 g/mol. The van der Waals surface area contributed by atoms with Gasteiger partial charge in [-0.1, -0.05) is 30.7 Å². The predicted molar refractivity (Wildman–Crippen MR) is 121 cm³/mol. The first-order valence-electron chi connectivity index (χ1n) is 10.8. The molecule has 1 aromatic rings. The average Bonchev–Trinajstić information content (AvgIpc) is 2.73. The molecule has 0 fully saturated rings. The quantitative estimate of drug-likeness (QED) is 0.140. The Morgan fingerprint density at radius 2 is 1.88 bits per heavy atom. The Balaban J connectivity index is 2.81. The van der Waals surface area contributed by atoms with Gasteiger partial charge in [0.2, 0.25) is 0 Å². The third-order valence-corrected chi connectivity index (χ3v) is 5.01. The minimum Gasteiger partial charge on any atom is -0.507 e. The molecule has 0 spiro atoms. The number of allylic oxidation sites excluding steroid dienone is 5. The van der Waals surface area contributed by atoms with E-state index < -0.39 is 41.4 Å². The lowest BCUT2D eigenvalue weighted by atomic mass is 9.99. The standard InChI is InChI=1S/C24H30F3NO6/c1-15(8-4-6-12-24(25,26)27)10-11-17(3)21(30)20-18(29)14-19(34-22(20)31)16(2)9-5-7-13-28-23(32)33/h7,10-11,13-14,16,28-29H,4-6,8-9,12H2,1-3H3,(H,32,33). The van der Waals surface area contributed by atoms with Crippen LogP contribution >= 0.6 is 0 Å². The maximum Gasteiger partial charge on any atom is 0.408 e. The number of unbranched alkanes of at least 4 members (excludes halogenated alkanes) is 1. The van der Waals surface area contributed by atoms with Crippen LogP contribution in [0.2, 0.25) is 0 Å². The number of aromatic hydroxyl groups is 1. The van der Waals surface area contributed by atoms with E-state index >= 15 is 0 Å². The van der Waals surface area contributed by atoms with Gasteiger partial charge in [0.1, 0.15) is 17.1 Å². The molecule has 1 atom stereocenters. The average molecular weight is 485 g/mol. The summed E-state index contributed by atoms with van der Waals surface area (Å²) in [5, 5.41) is 20.9. The minimum absolute atomic E-state index is 0.0194. The molecule has 0 aromatic carbocycles. The number of rotatable bonds is 12. The number of halogens is 3. The number of ketones is 1. The summed E-state index contributed by atoms with van der Waals surface area (Å²) in [6, 6.07) is 1.22. The summed E-state index contributed by atoms with van der Waals surface area (Å²) in [5.41, 5.74) is -0.529. The number of carbonyl (C=O) groups excluding carboxylic acids is 1. The van der Waals surface area contributed by atoms with E-state index in [0.29, 0.717) is 25.7 Å². The van der Waals surface area contributed by atoms with E-state index in [-0.39, 0.29) is 23.7 Å². The van der Waals surface area contributed by atoms with Crippen LogP contribution in [0.4, 0.5) is 18.0 Å². The van der Waals surface area contributed by atoms with Crippen LogP contribution < -0.4 is 10.9 Å². The first-order chi connectivity index (χ1) is 15.8. The number of amides is 1. The van der Waals surface area contributed by atoms with Crippen molar-refractivity contribution in [3.8, 4) is 5.75 Å². The molecule has 1 amide bonds. The van der Waals surface area contributed by atoms with Crippen LogP contribution in [-0.4, -0.2) is 28.3 Å². The van der Waals surface area contributed by atoms with Crippen LogP contribution in [0.3, 0.4) is 0 Å². The Labute approximate surface area is 195 Å². The number of carbonyl (C=O) groups is 2. The fourth-order valence-electron chi connectivity index (χ4n) is 3.01. The van der Waals surface area contributed by atoms with Gasteiger partial charge in [-0.05, 0) is 51.5 Å². The van der Waals surface area contributed by atoms with Crippen molar-refractivity contribution in [3.63, 3.8) is 0 Å². The summed E-state index contributed by atoms with van der Waals surface area (Å²) in [6.07, 6.45) is 1.53. The second kappa shape index (κ2) is 13.4. The molecule has 0 saturated heterocycles. The molecule has 1 heterocycles. The van der Waals surface area contributed by atoms with Crippen molar-refractivity contribution >= 4 is 11.9 Å². The van der Waals surface area contributed by atoms with Crippen molar-refractivity contribution in [2.24, 2.45) is 0 Å². The number of Topliss-reactive ketones (excluding diaryl/α,β-unsaturated/α-hetero) is 1. The fraction of sp³-hybridized carbons (Fsp3) is 0.458. The zero-order chi connectivity index (χ0) is 25.9. The highest BCUT2D eigenvalue weighted by molar-refractivity contribution is 6.09. The highest BCUT2D eigenvalue weighted by Gasteiger charge is 2.25. The Kier molecular flexibility index (Phi) is 11.3. The van der Waals surface area contributed by atoms with Gasteiger partial charge in [0.15, 0.2) is 5.78 Å². The zero-order valence-electron chi connectivity index (χ0n) is 19.4. The molecule has 1 unspecified atom stereocenters. The van der Waals surface area contributed by atoms with Gasteiger partial charge < -0.3 is 14.6 Å². The summed E-state index contributed by atoms with van der Waals surface area (Å²) in [6.45, 7) is 4.95. The second-order valence-corrected chi connectivity index (χ2v) is 8.04. The van der Waals surface area contributed by atoms with Crippen molar-refractivity contribution in [3.05, 3.63) is 63.4 Å². The van der Waals surface area contributed by atoms with E-state index in [1.54, 1.807) is 26.0 Å². The van der Waals surface area contributed by atoms with E-state index in [1.165, 1.54) is 25.3 Å². The number of nitrogens with one attached hydrogen (secondary N) is 1. The summed E-state index contributed by atoms with van der Waals surface area (Å²) in [5.74, 6) is -1.31. The van der Waals surface area contributed by atoms with E-state index in [9.17, 15) is 32.7 Å². The van der Waals surface area contributed by atoms with Gasteiger partial charge in [0.25, 0.3) is 0 Å². The summed E-state index contributed by atoms with van der Waals surface area (Å²) in [4.78, 5) is 35.4. The van der Waals surface area contributed by atoms with Gasteiger partial charge in [0.05, 0.1) is 0 Å². The molecule has 0 saturated carbocycles. The molecule has 7 nitrogen and oxygen atoms in total. The minimum atomic E-state index is -4.17. The summed E-state index contributed by atoms with van der Waals surface area (Å²) >= 11 is 0. The fourth-order valence-corrected chi connectivity index (χ4v) is 3.01. The largest absolute Gasteiger partial charge is 0.507 e. The lowest BCUT2D eigenvalue weighted by Crippen LogP contribution is -2.16. The van der Waals surface area contributed by atoms with Crippen LogP contribution in [0.1, 0.15) is 81.3 Å². The Morgan fingerprint density at radius 1 is 1.21 bits per heavy atom. The molecule has 0 aliphatic carbocycles. The lowest BCUT2D eigenvalue weighted by molar-refractivity contribution is -0.135. The maximum absolute atomic E-state index is 12.6. The van der Waals surface area contributed by atoms with E-state index in [1.807, 2.05) is 0 Å². The molecule has 0 aliphatic heterocycles. The van der Waals surface area contributed by atoms with Crippen molar-refractivity contribution in [2.45, 2.75) is 71.4 Å². The molecule has 1 rings (SSSR count). The third-order valence-electron chi connectivity index (χ3n) is 5.01. The molecule has 3 N–H and O–H groups in total. The molecule has 34 heavy (non-hydrogen) atoms. The second-order valence-electron chi connectivity index (χ2n) is 8.04. The van der Waals surface area contributed by atoms with Gasteiger partial charge >= 0.3 is 17.9 Å². The molecule has 1 aromatic heterocycles. The van der Waals surface area contributed by atoms with Crippen molar-refractivity contribution in [2.75, 3.05) is 0 Å². The monoisotopic (exact) mass is 485 g/mol. The van der Waals surface area contributed by atoms with Gasteiger partial charge in [-0.25, -0.2) is 9.59 Å². The number of hydrogen-bond donors (Lipinski definition) is 3. The van der Waals surface area contributed by atoms with Gasteiger partial charge in [0, 0.05) is 24.6 Å². The number of hydrogen-bond acceptors (Lipinski definition) is 5. The molecule has 10 heteroatoms. The van der Waals surface area contributed by atoms with Gasteiger partial charge in [-0.2, -0.15) is 13.2 Å². The van der Waals surface area contributed by atoms with Crippen molar-refractivity contribution in [1.29, 1.82) is 0 Å². The lowest BCUT2D eigenvalue weighted by Gasteiger charge is -2.11. The third kappa shape index (κ3) is 10.5. The molecular formula is C24H30F3NO6. The van der Waals surface area contributed by atoms with Gasteiger partial charge in [-0.15, -0.1) is 0 Å². The van der Waals surface area contributed by atoms with Crippen LogP contribution in [0.15, 0.2) is 50.9 Å². The topological polar surface area (TPSA) is 117 Å². The maximum atomic E-state index is 12.6. The Bertz CT molecular complexity index is 1000. The van der Waals surface area contributed by atoms with E-state index in [4.69, 9.17) is 9.52 Å². The van der Waals surface area contributed by atoms with E-state index in [2.05, 4.69) is 5.32 Å². The predicted octanol–water partition coefficient (Wildman–Crippen LogP) is 6.21. The Hall–Kier alpha value is -3.30. The highest BCUT2D eigenvalue weighted by atomic mass is 19.4. The number of carboxylic acid groups (broad SMARTS) is 1. The van der Waals surface area contributed by atoms with Crippen molar-refractivity contribution in [1.82, 2.24) is 5.32 Å². The zero-order valence-corrected chi connectivity index (χ0v) is 19.4. The SMILES string of the molecule is CC(=CC=C(C)C(=O)c1c(O)cc(C(C)CCC=CNC(=O)O)oc1=O)CCCCC(F)(F)F. The molecule has 0 bridgehead atoms.